The van der Waals surface area contributed by atoms with Gasteiger partial charge in [-0.1, -0.05) is 42.5 Å². The van der Waals surface area contributed by atoms with Crippen molar-refractivity contribution in [3.63, 3.8) is 0 Å². The number of carbonyl (C=O) groups excluding carboxylic acids is 1. The van der Waals surface area contributed by atoms with Crippen LogP contribution in [0.2, 0.25) is 0 Å². The van der Waals surface area contributed by atoms with Crippen LogP contribution in [0.3, 0.4) is 0 Å². The van der Waals surface area contributed by atoms with E-state index in [0.717, 1.165) is 5.56 Å². The van der Waals surface area contributed by atoms with Crippen molar-refractivity contribution in [3.8, 4) is 0 Å². The van der Waals surface area contributed by atoms with E-state index < -0.39 is 15.1 Å². The highest BCUT2D eigenvalue weighted by Crippen LogP contribution is 2.29. The number of carbonyl (C=O) groups is 1. The molecule has 2 N–H and O–H groups in total. The van der Waals surface area contributed by atoms with Crippen molar-refractivity contribution in [2.24, 2.45) is 5.73 Å². The smallest absolute Gasteiger partial charge is 0.255 e. The zero-order valence-electron chi connectivity index (χ0n) is 15.4. The fraction of sp³-hybridized carbons (Fsp3) is 0.350. The van der Waals surface area contributed by atoms with E-state index in [9.17, 15) is 13.2 Å². The van der Waals surface area contributed by atoms with Gasteiger partial charge in [-0.3, -0.25) is 4.79 Å². The summed E-state index contributed by atoms with van der Waals surface area (Å²) in [6, 6.07) is 16.1. The van der Waals surface area contributed by atoms with E-state index in [-0.39, 0.29) is 40.7 Å². The largest absolute Gasteiger partial charge is 0.336 e. The molecule has 0 spiro atoms. The van der Waals surface area contributed by atoms with Gasteiger partial charge >= 0.3 is 0 Å². The fourth-order valence-electron chi connectivity index (χ4n) is 3.36. The summed E-state index contributed by atoms with van der Waals surface area (Å²) in [5, 5.41) is -0.589. The maximum Gasteiger partial charge on any atom is 0.255 e. The Labute approximate surface area is 166 Å². The monoisotopic (exact) mass is 408 g/mol. The van der Waals surface area contributed by atoms with Gasteiger partial charge < -0.3 is 10.6 Å². The lowest BCUT2D eigenvalue weighted by atomic mass is 9.95. The lowest BCUT2D eigenvalue weighted by molar-refractivity contribution is 0.0785. The van der Waals surface area contributed by atoms with Crippen molar-refractivity contribution in [1.29, 1.82) is 0 Å². The summed E-state index contributed by atoms with van der Waals surface area (Å²) in [4.78, 5) is 14.8. The maximum atomic E-state index is 13.1. The molecule has 1 amide bonds. The second-order valence-electron chi connectivity index (χ2n) is 6.98. The number of hydrogen-bond donors (Lipinski definition) is 1. The van der Waals surface area contributed by atoms with Gasteiger partial charge in [-0.05, 0) is 31.5 Å². The predicted octanol–water partition coefficient (Wildman–Crippen LogP) is 2.86. The van der Waals surface area contributed by atoms with E-state index in [1.54, 1.807) is 36.9 Å². The molecular formula is C20H25ClN2O3S. The molecule has 3 rings (SSSR count). The van der Waals surface area contributed by atoms with Gasteiger partial charge in [0.15, 0.2) is 9.84 Å². The molecule has 146 valence electrons. The molecule has 1 aliphatic heterocycles. The van der Waals surface area contributed by atoms with E-state index in [1.807, 2.05) is 30.3 Å². The minimum Gasteiger partial charge on any atom is -0.336 e. The predicted molar refractivity (Wildman–Crippen MR) is 109 cm³/mol. The van der Waals surface area contributed by atoms with Crippen molar-refractivity contribution in [1.82, 2.24) is 4.90 Å². The minimum absolute atomic E-state index is 0. The zero-order valence-corrected chi connectivity index (χ0v) is 17.0. The van der Waals surface area contributed by atoms with E-state index in [0.29, 0.717) is 13.1 Å². The van der Waals surface area contributed by atoms with Crippen LogP contribution in [0, 0.1) is 0 Å². The quantitative estimate of drug-likeness (QED) is 0.843. The number of hydrogen-bond acceptors (Lipinski definition) is 4. The van der Waals surface area contributed by atoms with Gasteiger partial charge in [0.1, 0.15) is 0 Å². The molecule has 2 aromatic carbocycles. The van der Waals surface area contributed by atoms with Crippen LogP contribution in [0.25, 0.3) is 0 Å². The third-order valence-electron chi connectivity index (χ3n) is 4.92. The summed E-state index contributed by atoms with van der Waals surface area (Å²) >= 11 is 0. The number of benzene rings is 2. The molecule has 0 aliphatic carbocycles. The number of rotatable bonds is 4. The first-order valence-electron chi connectivity index (χ1n) is 8.75. The summed E-state index contributed by atoms with van der Waals surface area (Å²) < 4.78 is 25.3. The molecule has 1 fully saturated rings. The summed E-state index contributed by atoms with van der Waals surface area (Å²) in [5.41, 5.74) is 7.60. The Hall–Kier alpha value is -1.89. The lowest BCUT2D eigenvalue weighted by Crippen LogP contribution is -2.33. The molecular weight excluding hydrogens is 384 g/mol. The summed E-state index contributed by atoms with van der Waals surface area (Å²) in [5.74, 6) is -0.229. The number of nitrogens with two attached hydrogens (primary N) is 1. The molecule has 1 saturated heterocycles. The average molecular weight is 409 g/mol. The first-order valence-corrected chi connectivity index (χ1v) is 10.3. The van der Waals surface area contributed by atoms with Crippen molar-refractivity contribution in [2.45, 2.75) is 36.0 Å². The van der Waals surface area contributed by atoms with Crippen LogP contribution in [0.4, 0.5) is 0 Å². The highest BCUT2D eigenvalue weighted by molar-refractivity contribution is 7.92. The third kappa shape index (κ3) is 4.18. The second kappa shape index (κ2) is 8.42. The molecule has 2 aromatic rings. The van der Waals surface area contributed by atoms with Crippen LogP contribution < -0.4 is 5.73 Å². The van der Waals surface area contributed by atoms with Crippen molar-refractivity contribution < 1.29 is 13.2 Å². The Bertz CT molecular complexity index is 900. The summed E-state index contributed by atoms with van der Waals surface area (Å²) in [6.07, 6.45) is 0. The van der Waals surface area contributed by atoms with Gasteiger partial charge in [-0.2, -0.15) is 0 Å². The van der Waals surface area contributed by atoms with E-state index >= 15 is 0 Å². The van der Waals surface area contributed by atoms with Crippen LogP contribution in [-0.4, -0.2) is 43.6 Å². The van der Waals surface area contributed by atoms with Crippen molar-refractivity contribution in [2.75, 3.05) is 13.1 Å². The molecule has 2 atom stereocenters. The van der Waals surface area contributed by atoms with Crippen LogP contribution in [0.5, 0.6) is 0 Å². The minimum atomic E-state index is -3.54. The van der Waals surface area contributed by atoms with Crippen LogP contribution >= 0.6 is 12.4 Å². The number of halogens is 1. The first-order chi connectivity index (χ1) is 12.3. The fourth-order valence-corrected chi connectivity index (χ4v) is 4.60. The Kier molecular flexibility index (Phi) is 6.68. The Morgan fingerprint density at radius 3 is 2.26 bits per heavy atom. The second-order valence-corrected chi connectivity index (χ2v) is 9.45. The molecule has 0 saturated carbocycles. The standard InChI is InChI=1S/C20H24N2O3S.ClH/c1-14(2)26(24,25)19-11-7-6-10-16(19)20(23)22-12-17(18(21)13-22)15-8-4-3-5-9-15;/h3-11,14,17-18H,12-13,21H2,1-2H3;1H/t17-,18+;/m0./s1. The molecule has 0 unspecified atom stereocenters. The molecule has 5 nitrogen and oxygen atoms in total. The van der Waals surface area contributed by atoms with Gasteiger partial charge in [0.25, 0.3) is 5.91 Å². The normalized spacial score (nSPS) is 19.8. The highest BCUT2D eigenvalue weighted by atomic mass is 35.5. The molecule has 0 aromatic heterocycles. The van der Waals surface area contributed by atoms with Gasteiger partial charge in [0, 0.05) is 25.0 Å². The zero-order chi connectivity index (χ0) is 18.9. The maximum absolute atomic E-state index is 13.1. The van der Waals surface area contributed by atoms with Gasteiger partial charge in [0.05, 0.1) is 15.7 Å². The van der Waals surface area contributed by atoms with E-state index in [4.69, 9.17) is 5.73 Å². The van der Waals surface area contributed by atoms with Crippen LogP contribution in [0.1, 0.15) is 35.7 Å². The Balaban J connectivity index is 0.00000261. The average Bonchev–Trinajstić information content (AvgIpc) is 3.03. The number of likely N-dealkylation sites (tertiary alicyclic amines) is 1. The van der Waals surface area contributed by atoms with Crippen molar-refractivity contribution >= 4 is 28.2 Å². The SMILES string of the molecule is CC(C)S(=O)(=O)c1ccccc1C(=O)N1C[C@@H](N)[C@H](c2ccccc2)C1.Cl. The van der Waals surface area contributed by atoms with E-state index in [1.165, 1.54) is 6.07 Å². The molecule has 7 heteroatoms. The number of nitrogens with zero attached hydrogens (tertiary/aromatic N) is 1. The molecule has 0 bridgehead atoms. The molecule has 0 radical (unpaired) electrons. The Morgan fingerprint density at radius 1 is 1.04 bits per heavy atom. The molecule has 1 aliphatic rings. The topological polar surface area (TPSA) is 80.5 Å². The summed E-state index contributed by atoms with van der Waals surface area (Å²) in [7, 11) is -3.54. The number of amides is 1. The van der Waals surface area contributed by atoms with Crippen molar-refractivity contribution in [3.05, 3.63) is 65.7 Å². The van der Waals surface area contributed by atoms with Crippen LogP contribution in [-0.2, 0) is 9.84 Å². The Morgan fingerprint density at radius 2 is 1.63 bits per heavy atom. The number of sulfone groups is 1. The summed E-state index contributed by atoms with van der Waals surface area (Å²) in [6.45, 7) is 4.14. The first kappa shape index (κ1) is 21.4. The lowest BCUT2D eigenvalue weighted by Gasteiger charge is -2.19. The van der Waals surface area contributed by atoms with Gasteiger partial charge in [-0.25, -0.2) is 8.42 Å². The highest BCUT2D eigenvalue weighted by Gasteiger charge is 2.36. The van der Waals surface area contributed by atoms with Gasteiger partial charge in [-0.15, -0.1) is 12.4 Å². The third-order valence-corrected chi connectivity index (χ3v) is 7.13. The van der Waals surface area contributed by atoms with Gasteiger partial charge in [0.2, 0.25) is 0 Å². The van der Waals surface area contributed by atoms with E-state index in [2.05, 4.69) is 0 Å². The molecule has 27 heavy (non-hydrogen) atoms. The van der Waals surface area contributed by atoms with Crippen LogP contribution in [0.15, 0.2) is 59.5 Å². The molecule has 1 heterocycles.